The highest BCUT2D eigenvalue weighted by Crippen LogP contribution is 2.39. The van der Waals surface area contributed by atoms with E-state index in [2.05, 4.69) is 56.8 Å². The summed E-state index contributed by atoms with van der Waals surface area (Å²) in [7, 11) is 1.84. The third-order valence-corrected chi connectivity index (χ3v) is 5.56. The fraction of sp³-hybridized carbons (Fsp3) is 0.524. The lowest BCUT2D eigenvalue weighted by Crippen LogP contribution is -2.48. The molecule has 1 saturated heterocycles. The minimum Gasteiger partial charge on any atom is -0.335 e. The highest BCUT2D eigenvalue weighted by atomic mass is 16.2. The molecular formula is C21H29N5O. The van der Waals surface area contributed by atoms with Crippen LogP contribution in [-0.4, -0.2) is 52.2 Å². The van der Waals surface area contributed by atoms with E-state index in [9.17, 15) is 4.79 Å². The standard InChI is InChI=1S/C21H29N5O/c1-25(15-19-13-20(24-23-19)17-7-8-17)21(27)22-18-9-11-26(12-10-18)14-16-5-3-2-4-6-16/h2-6,13,17-18H,7-12,14-15H2,1H3,(H,22,27)(H,23,24). The van der Waals surface area contributed by atoms with Crippen LogP contribution in [0.25, 0.3) is 0 Å². The Bertz CT molecular complexity index is 747. The lowest BCUT2D eigenvalue weighted by Gasteiger charge is -2.33. The number of hydrogen-bond donors (Lipinski definition) is 2. The Balaban J connectivity index is 1.20. The normalized spacial score (nSPS) is 18.4. The van der Waals surface area contributed by atoms with E-state index >= 15 is 0 Å². The molecule has 0 radical (unpaired) electrons. The molecule has 1 aliphatic heterocycles. The highest BCUT2D eigenvalue weighted by molar-refractivity contribution is 5.74. The van der Waals surface area contributed by atoms with E-state index in [4.69, 9.17) is 0 Å². The number of benzene rings is 1. The van der Waals surface area contributed by atoms with E-state index in [1.54, 1.807) is 4.90 Å². The molecule has 4 rings (SSSR count). The Morgan fingerprint density at radius 2 is 1.96 bits per heavy atom. The van der Waals surface area contributed by atoms with Crippen molar-refractivity contribution in [2.24, 2.45) is 0 Å². The average Bonchev–Trinajstić information content (AvgIpc) is 3.43. The highest BCUT2D eigenvalue weighted by Gasteiger charge is 2.26. The Morgan fingerprint density at radius 1 is 1.22 bits per heavy atom. The Labute approximate surface area is 160 Å². The summed E-state index contributed by atoms with van der Waals surface area (Å²) in [5.41, 5.74) is 3.50. The summed E-state index contributed by atoms with van der Waals surface area (Å²) in [4.78, 5) is 16.7. The summed E-state index contributed by atoms with van der Waals surface area (Å²) >= 11 is 0. The zero-order valence-corrected chi connectivity index (χ0v) is 16.0. The third-order valence-electron chi connectivity index (χ3n) is 5.56. The first-order valence-corrected chi connectivity index (χ1v) is 9.99. The zero-order chi connectivity index (χ0) is 18.6. The number of nitrogens with one attached hydrogen (secondary N) is 2. The van der Waals surface area contributed by atoms with Crippen LogP contribution in [0.5, 0.6) is 0 Å². The first kappa shape index (κ1) is 18.0. The van der Waals surface area contributed by atoms with Gasteiger partial charge < -0.3 is 10.2 Å². The number of H-pyrrole nitrogens is 1. The van der Waals surface area contributed by atoms with Gasteiger partial charge in [0.15, 0.2) is 0 Å². The molecular weight excluding hydrogens is 338 g/mol. The van der Waals surface area contributed by atoms with E-state index in [0.717, 1.165) is 43.9 Å². The molecule has 2 fully saturated rings. The van der Waals surface area contributed by atoms with E-state index in [-0.39, 0.29) is 12.1 Å². The van der Waals surface area contributed by atoms with Crippen molar-refractivity contribution in [1.82, 2.24) is 25.3 Å². The van der Waals surface area contributed by atoms with Crippen LogP contribution in [0.1, 0.15) is 48.6 Å². The maximum Gasteiger partial charge on any atom is 0.317 e. The first-order valence-electron chi connectivity index (χ1n) is 9.99. The van der Waals surface area contributed by atoms with Crippen LogP contribution >= 0.6 is 0 Å². The summed E-state index contributed by atoms with van der Waals surface area (Å²) < 4.78 is 0. The predicted molar refractivity (Wildman–Crippen MR) is 105 cm³/mol. The van der Waals surface area contributed by atoms with Gasteiger partial charge in [0.1, 0.15) is 0 Å². The van der Waals surface area contributed by atoms with Gasteiger partial charge in [-0.25, -0.2) is 4.79 Å². The number of amides is 2. The van der Waals surface area contributed by atoms with Gasteiger partial charge in [0, 0.05) is 38.6 Å². The van der Waals surface area contributed by atoms with Crippen molar-refractivity contribution in [1.29, 1.82) is 0 Å². The summed E-state index contributed by atoms with van der Waals surface area (Å²) in [6.07, 6.45) is 4.48. The molecule has 2 aliphatic rings. The minimum atomic E-state index is -0.000851. The molecule has 6 nitrogen and oxygen atoms in total. The molecule has 0 spiro atoms. The average molecular weight is 367 g/mol. The second-order valence-corrected chi connectivity index (χ2v) is 7.93. The lowest BCUT2D eigenvalue weighted by atomic mass is 10.0. The molecule has 144 valence electrons. The van der Waals surface area contributed by atoms with Gasteiger partial charge in [0.05, 0.1) is 17.9 Å². The lowest BCUT2D eigenvalue weighted by molar-refractivity contribution is 0.173. The molecule has 6 heteroatoms. The third kappa shape index (κ3) is 4.89. The van der Waals surface area contributed by atoms with E-state index in [1.165, 1.54) is 18.4 Å². The molecule has 0 unspecified atom stereocenters. The van der Waals surface area contributed by atoms with Crippen molar-refractivity contribution in [3.05, 3.63) is 53.3 Å². The van der Waals surface area contributed by atoms with Gasteiger partial charge in [-0.05, 0) is 37.3 Å². The van der Waals surface area contributed by atoms with Gasteiger partial charge >= 0.3 is 6.03 Å². The molecule has 1 aliphatic carbocycles. The van der Waals surface area contributed by atoms with Gasteiger partial charge in [-0.1, -0.05) is 30.3 Å². The summed E-state index contributed by atoms with van der Waals surface area (Å²) in [5, 5.41) is 10.6. The number of piperidine rings is 1. The summed E-state index contributed by atoms with van der Waals surface area (Å²) in [5.74, 6) is 0.634. The maximum atomic E-state index is 12.5. The van der Waals surface area contributed by atoms with Crippen molar-refractivity contribution in [3.63, 3.8) is 0 Å². The fourth-order valence-electron chi connectivity index (χ4n) is 3.74. The van der Waals surface area contributed by atoms with Crippen molar-refractivity contribution in [3.8, 4) is 0 Å². The van der Waals surface area contributed by atoms with Crippen LogP contribution in [0, 0.1) is 0 Å². The second-order valence-electron chi connectivity index (χ2n) is 7.93. The van der Waals surface area contributed by atoms with Crippen LogP contribution in [0.15, 0.2) is 36.4 Å². The largest absolute Gasteiger partial charge is 0.335 e. The summed E-state index contributed by atoms with van der Waals surface area (Å²) in [6, 6.07) is 12.9. The molecule has 1 aromatic carbocycles. The van der Waals surface area contributed by atoms with Gasteiger partial charge in [-0.15, -0.1) is 0 Å². The first-order chi connectivity index (χ1) is 13.2. The number of hydrogen-bond acceptors (Lipinski definition) is 3. The molecule has 2 amide bonds. The van der Waals surface area contributed by atoms with Crippen LogP contribution in [-0.2, 0) is 13.1 Å². The molecule has 0 atom stereocenters. The van der Waals surface area contributed by atoms with Gasteiger partial charge in [0.25, 0.3) is 0 Å². The van der Waals surface area contributed by atoms with E-state index in [1.807, 2.05) is 7.05 Å². The van der Waals surface area contributed by atoms with Crippen molar-refractivity contribution < 1.29 is 4.79 Å². The number of likely N-dealkylation sites (tertiary alicyclic amines) is 1. The number of carbonyl (C=O) groups excluding carboxylic acids is 1. The van der Waals surface area contributed by atoms with Crippen molar-refractivity contribution in [2.75, 3.05) is 20.1 Å². The van der Waals surface area contributed by atoms with Crippen molar-refractivity contribution >= 4 is 6.03 Å². The fourth-order valence-corrected chi connectivity index (χ4v) is 3.74. The Hall–Kier alpha value is -2.34. The van der Waals surface area contributed by atoms with Crippen LogP contribution in [0.3, 0.4) is 0 Å². The Kier molecular flexibility index (Phi) is 5.43. The number of nitrogens with zero attached hydrogens (tertiary/aromatic N) is 3. The predicted octanol–water partition coefficient (Wildman–Crippen LogP) is 3.09. The molecule has 2 heterocycles. The summed E-state index contributed by atoms with van der Waals surface area (Å²) in [6.45, 7) is 3.60. The molecule has 1 aromatic heterocycles. The quantitative estimate of drug-likeness (QED) is 0.825. The smallest absolute Gasteiger partial charge is 0.317 e. The topological polar surface area (TPSA) is 64.3 Å². The Morgan fingerprint density at radius 3 is 2.67 bits per heavy atom. The van der Waals surface area contributed by atoms with E-state index < -0.39 is 0 Å². The minimum absolute atomic E-state index is 0.000851. The van der Waals surface area contributed by atoms with Gasteiger partial charge in [-0.2, -0.15) is 5.10 Å². The molecule has 2 aromatic rings. The van der Waals surface area contributed by atoms with E-state index in [0.29, 0.717) is 12.5 Å². The molecule has 2 N–H and O–H groups in total. The number of aromatic amines is 1. The number of aromatic nitrogens is 2. The monoisotopic (exact) mass is 367 g/mol. The molecule has 27 heavy (non-hydrogen) atoms. The number of carbonyl (C=O) groups is 1. The van der Waals surface area contributed by atoms with Crippen LogP contribution < -0.4 is 5.32 Å². The number of rotatable bonds is 6. The SMILES string of the molecule is CN(Cc1cc(C2CC2)n[nH]1)C(=O)NC1CCN(Cc2ccccc2)CC1. The van der Waals surface area contributed by atoms with Crippen LogP contribution in [0.2, 0.25) is 0 Å². The maximum absolute atomic E-state index is 12.5. The zero-order valence-electron chi connectivity index (χ0n) is 16.0. The van der Waals surface area contributed by atoms with Gasteiger partial charge in [0.2, 0.25) is 0 Å². The van der Waals surface area contributed by atoms with Crippen molar-refractivity contribution in [2.45, 2.75) is 50.7 Å². The molecule has 1 saturated carbocycles. The second kappa shape index (κ2) is 8.13. The number of urea groups is 1. The van der Waals surface area contributed by atoms with Crippen LogP contribution in [0.4, 0.5) is 4.79 Å². The molecule has 0 bridgehead atoms. The van der Waals surface area contributed by atoms with Gasteiger partial charge in [-0.3, -0.25) is 10.00 Å².